The number of anilines is 2. The normalized spacial score (nSPS) is 15.3. The summed E-state index contributed by atoms with van der Waals surface area (Å²) in [6.07, 6.45) is 10.0. The molecule has 0 unspecified atom stereocenters. The zero-order valence-electron chi connectivity index (χ0n) is 28.9. The van der Waals surface area contributed by atoms with E-state index in [1.54, 1.807) is 23.2 Å². The molecule has 0 aliphatic carbocycles. The average molecular weight is 756 g/mol. The van der Waals surface area contributed by atoms with Crippen molar-refractivity contribution in [2.45, 2.75) is 6.42 Å². The second-order valence-electron chi connectivity index (χ2n) is 12.1. The third kappa shape index (κ3) is 8.65. The lowest BCUT2D eigenvalue weighted by atomic mass is 10.2. The Morgan fingerprint density at radius 1 is 0.815 bits per heavy atom. The van der Waals surface area contributed by atoms with Gasteiger partial charge in [0.15, 0.2) is 17.1 Å². The molecule has 54 heavy (non-hydrogen) atoms. The fraction of sp³-hybridized carbons (Fsp3) is 0.122. The van der Waals surface area contributed by atoms with E-state index < -0.39 is 0 Å². The van der Waals surface area contributed by atoms with Crippen molar-refractivity contribution >= 4 is 84.0 Å². The summed E-state index contributed by atoms with van der Waals surface area (Å²) in [6, 6.07) is 32.4. The number of benzene rings is 4. The van der Waals surface area contributed by atoms with E-state index >= 15 is 0 Å². The fourth-order valence-electron chi connectivity index (χ4n) is 5.97. The molecule has 3 N–H and O–H groups in total. The molecule has 0 radical (unpaired) electrons. The first-order chi connectivity index (χ1) is 26.4. The van der Waals surface area contributed by atoms with Gasteiger partial charge >= 0.3 is 4.87 Å². The number of nitrogens with zero attached hydrogens (tertiary/aromatic N) is 3. The van der Waals surface area contributed by atoms with Crippen molar-refractivity contribution < 1.29 is 18.6 Å². The first-order valence-corrected chi connectivity index (χ1v) is 18.9. The van der Waals surface area contributed by atoms with Gasteiger partial charge in [-0.25, -0.2) is 0 Å². The molecule has 0 atom stereocenters. The molecule has 1 fully saturated rings. The Kier molecular flexibility index (Phi) is 11.4. The van der Waals surface area contributed by atoms with E-state index in [1.165, 1.54) is 52.5 Å². The first-order valence-electron chi connectivity index (χ1n) is 17.1. The summed E-state index contributed by atoms with van der Waals surface area (Å²) < 4.78 is 8.47. The van der Waals surface area contributed by atoms with Crippen molar-refractivity contribution in [3.63, 3.8) is 0 Å². The lowest BCUT2D eigenvalue weighted by molar-refractivity contribution is -0.424. The standard InChI is InChI=1S/C11H11N2.C9H6O2.C8H7NO.C7H5NOS.C6H6N2OS/c1-2-6-11-10(5-1)12-8-9-4-3-7-13(9)11;10-8-5-6-11-9-4-2-1-3-7(8)9;10-8-5-6-3-1-2-4-7(6)9-8;9-7-8-5-3-1-2-4-6(5)10-7;9-5-4-10-6-7-2-1-3-8(5)6/h1-6,12H,7-8H2;1-6H;1-4H,5H2,(H,9,10);1-4H,(H,8,9);1,3H,2,4H2/q+1;;;;. The van der Waals surface area contributed by atoms with Crippen molar-refractivity contribution in [2.24, 2.45) is 4.99 Å². The van der Waals surface area contributed by atoms with E-state index in [1.807, 2.05) is 66.7 Å². The fourth-order valence-corrected chi connectivity index (χ4v) is 7.56. The number of para-hydroxylation sites is 5. The van der Waals surface area contributed by atoms with Crippen molar-refractivity contribution in [3.05, 3.63) is 159 Å². The van der Waals surface area contributed by atoms with Gasteiger partial charge in [0.25, 0.3) is 0 Å². The number of aliphatic imine (C=N–C) groups is 1. The number of H-pyrrole nitrogens is 1. The minimum atomic E-state index is 0.00634. The van der Waals surface area contributed by atoms with Crippen molar-refractivity contribution in [2.75, 3.05) is 36.0 Å². The maximum atomic E-state index is 11.1. The SMILES string of the molecule is C1=CC2=[N+](C1)c1ccccc1NC2.O=C1CSC2=NCC=CN12.O=C1Cc2ccccc2N1.O=c1[nH]c2ccccc2s1.O=c1ccoc2ccccc12. The molecule has 2 amide bonds. The number of amidine groups is 1. The highest BCUT2D eigenvalue weighted by Crippen LogP contribution is 2.28. The van der Waals surface area contributed by atoms with Crippen LogP contribution in [-0.2, 0) is 16.0 Å². The summed E-state index contributed by atoms with van der Waals surface area (Å²) >= 11 is 2.75. The van der Waals surface area contributed by atoms with Crippen LogP contribution in [0.4, 0.5) is 17.1 Å². The van der Waals surface area contributed by atoms with Gasteiger partial charge in [-0.2, -0.15) is 4.58 Å². The Labute approximate surface area is 318 Å². The highest BCUT2D eigenvalue weighted by molar-refractivity contribution is 8.15. The van der Waals surface area contributed by atoms with Crippen molar-refractivity contribution in [1.29, 1.82) is 0 Å². The lowest BCUT2D eigenvalue weighted by Crippen LogP contribution is -2.25. The number of aromatic amines is 1. The van der Waals surface area contributed by atoms with Gasteiger partial charge < -0.3 is 20.0 Å². The minimum absolute atomic E-state index is 0.00634. The number of nitrogens with one attached hydrogen (secondary N) is 3. The summed E-state index contributed by atoms with van der Waals surface area (Å²) in [5.74, 6) is 0.782. The van der Waals surface area contributed by atoms with Crippen LogP contribution in [0.5, 0.6) is 0 Å². The number of hydrogen-bond donors (Lipinski definition) is 3. The summed E-state index contributed by atoms with van der Waals surface area (Å²) in [7, 11) is 0. The van der Waals surface area contributed by atoms with Crippen molar-refractivity contribution in [3.8, 4) is 0 Å². The first kappa shape index (κ1) is 36.1. The van der Waals surface area contributed by atoms with Crippen LogP contribution in [-0.4, -0.2) is 62.5 Å². The average Bonchev–Trinajstić information content (AvgIpc) is 4.01. The zero-order chi connectivity index (χ0) is 37.3. The molecule has 0 saturated carbocycles. The van der Waals surface area contributed by atoms with Crippen LogP contribution in [0.3, 0.4) is 0 Å². The maximum Gasteiger partial charge on any atom is 0.305 e. The molecule has 4 aromatic carbocycles. The molecule has 5 aliphatic heterocycles. The van der Waals surface area contributed by atoms with Gasteiger partial charge in [0.2, 0.25) is 23.2 Å². The molecule has 2 aromatic heterocycles. The molecule has 5 aliphatic rings. The molecule has 11 nitrogen and oxygen atoms in total. The third-order valence-electron chi connectivity index (χ3n) is 8.52. The van der Waals surface area contributed by atoms with Gasteiger partial charge in [0.05, 0.1) is 40.6 Å². The molecule has 13 heteroatoms. The Morgan fingerprint density at radius 2 is 1.59 bits per heavy atom. The van der Waals surface area contributed by atoms with E-state index in [4.69, 9.17) is 4.42 Å². The van der Waals surface area contributed by atoms with Crippen LogP contribution in [0.25, 0.3) is 21.2 Å². The van der Waals surface area contributed by atoms with Gasteiger partial charge in [0.1, 0.15) is 17.8 Å². The number of amides is 2. The molecule has 11 rings (SSSR count). The predicted octanol–water partition coefficient (Wildman–Crippen LogP) is 6.78. The van der Waals surface area contributed by atoms with Crippen LogP contribution in [0.1, 0.15) is 5.56 Å². The smallest absolute Gasteiger partial charge is 0.305 e. The summed E-state index contributed by atoms with van der Waals surface area (Å²) in [4.78, 5) is 52.1. The van der Waals surface area contributed by atoms with Crippen LogP contribution < -0.4 is 20.9 Å². The Hall–Kier alpha value is -6.31. The van der Waals surface area contributed by atoms with Crippen LogP contribution >= 0.6 is 23.1 Å². The number of thioether (sulfide) groups is 1. The number of rotatable bonds is 0. The van der Waals surface area contributed by atoms with Gasteiger partial charge in [0, 0.05) is 30.1 Å². The highest BCUT2D eigenvalue weighted by Gasteiger charge is 2.27. The van der Waals surface area contributed by atoms with Crippen LogP contribution in [0.15, 0.2) is 153 Å². The van der Waals surface area contributed by atoms with E-state index in [0.717, 1.165) is 39.7 Å². The van der Waals surface area contributed by atoms with Gasteiger partial charge in [-0.1, -0.05) is 77.7 Å². The predicted molar refractivity (Wildman–Crippen MR) is 218 cm³/mol. The Morgan fingerprint density at radius 3 is 2.43 bits per heavy atom. The second-order valence-corrected chi connectivity index (χ2v) is 14.1. The zero-order valence-corrected chi connectivity index (χ0v) is 30.6. The number of aromatic nitrogens is 1. The number of fused-ring (bicyclic) bond motifs is 6. The number of thiazole rings is 1. The minimum Gasteiger partial charge on any atom is -0.464 e. The summed E-state index contributed by atoms with van der Waals surface area (Å²) in [5, 5.41) is 7.65. The molecule has 270 valence electrons. The van der Waals surface area contributed by atoms with Crippen LogP contribution in [0.2, 0.25) is 0 Å². The maximum absolute atomic E-state index is 11.1. The number of carbonyl (C=O) groups excluding carboxylic acids is 2. The van der Waals surface area contributed by atoms with E-state index in [9.17, 15) is 19.2 Å². The Bertz CT molecular complexity index is 2520. The molecule has 0 spiro atoms. The molecular formula is C41H35N6O5S2+. The van der Waals surface area contributed by atoms with Gasteiger partial charge in [-0.3, -0.25) is 29.1 Å². The molecule has 6 aromatic rings. The molecule has 0 bridgehead atoms. The summed E-state index contributed by atoms with van der Waals surface area (Å²) in [6.45, 7) is 2.69. The largest absolute Gasteiger partial charge is 0.464 e. The van der Waals surface area contributed by atoms with Gasteiger partial charge in [-0.05, 0) is 54.1 Å². The second kappa shape index (κ2) is 17.0. The van der Waals surface area contributed by atoms with Crippen LogP contribution in [0, 0.1) is 0 Å². The lowest BCUT2D eigenvalue weighted by Gasteiger charge is -2.13. The summed E-state index contributed by atoms with van der Waals surface area (Å²) in [5.41, 5.74) is 7.56. The monoisotopic (exact) mass is 755 g/mol. The van der Waals surface area contributed by atoms with Crippen molar-refractivity contribution in [1.82, 2.24) is 9.88 Å². The molecule has 1 saturated heterocycles. The molecular weight excluding hydrogens is 721 g/mol. The third-order valence-corrected chi connectivity index (χ3v) is 10.4. The number of hydrogen-bond acceptors (Lipinski definition) is 9. The molecule has 7 heterocycles. The van der Waals surface area contributed by atoms with E-state index in [0.29, 0.717) is 29.7 Å². The topological polar surface area (TPSA) is 140 Å². The highest BCUT2D eigenvalue weighted by atomic mass is 32.2. The number of carbonyl (C=O) groups is 2. The van der Waals surface area contributed by atoms with E-state index in [2.05, 4.69) is 61.6 Å². The Balaban J connectivity index is 0.000000105. The quantitative estimate of drug-likeness (QED) is 0.145. The van der Waals surface area contributed by atoms with E-state index in [-0.39, 0.29) is 22.1 Å². The van der Waals surface area contributed by atoms with Gasteiger partial charge in [-0.15, -0.1) is 0 Å².